The zero-order valence-corrected chi connectivity index (χ0v) is 15.3. The summed E-state index contributed by atoms with van der Waals surface area (Å²) in [5, 5.41) is 4.09. The first-order valence-electron chi connectivity index (χ1n) is 8.42. The van der Waals surface area contributed by atoms with Crippen molar-refractivity contribution in [3.8, 4) is 11.3 Å². The van der Waals surface area contributed by atoms with Crippen LogP contribution in [0.25, 0.3) is 11.3 Å². The average molecular weight is 376 g/mol. The summed E-state index contributed by atoms with van der Waals surface area (Å²) in [6, 6.07) is 18.5. The second kappa shape index (κ2) is 10.1. The van der Waals surface area contributed by atoms with Gasteiger partial charge in [0.2, 0.25) is 0 Å². The van der Waals surface area contributed by atoms with E-state index < -0.39 is 0 Å². The van der Waals surface area contributed by atoms with Gasteiger partial charge in [-0.05, 0) is 36.2 Å². The highest BCUT2D eigenvalue weighted by Gasteiger charge is 2.11. The quantitative estimate of drug-likeness (QED) is 0.648. The van der Waals surface area contributed by atoms with Gasteiger partial charge in [-0.2, -0.15) is 0 Å². The van der Waals surface area contributed by atoms with Gasteiger partial charge in [-0.1, -0.05) is 35.5 Å². The van der Waals surface area contributed by atoms with Crippen LogP contribution in [-0.2, 0) is 13.0 Å². The number of nitrogens with two attached hydrogens (primary N) is 1. The summed E-state index contributed by atoms with van der Waals surface area (Å²) in [5.74, 6) is 0.517. The summed E-state index contributed by atoms with van der Waals surface area (Å²) in [7, 11) is 0. The Morgan fingerprint density at radius 2 is 1.73 bits per heavy atom. The molecule has 0 aliphatic heterocycles. The Bertz CT molecular complexity index is 777. The van der Waals surface area contributed by atoms with Crippen LogP contribution in [0.5, 0.6) is 0 Å². The number of halogens is 2. The van der Waals surface area contributed by atoms with Crippen molar-refractivity contribution < 1.29 is 8.91 Å². The highest BCUT2D eigenvalue weighted by Crippen LogP contribution is 2.20. The van der Waals surface area contributed by atoms with Crippen LogP contribution in [-0.4, -0.2) is 29.7 Å². The molecular formula is C20H23ClFN3O. The van der Waals surface area contributed by atoms with Crippen LogP contribution in [0.2, 0.25) is 0 Å². The van der Waals surface area contributed by atoms with Crippen LogP contribution in [0.1, 0.15) is 11.3 Å². The van der Waals surface area contributed by atoms with Crippen LogP contribution in [0.3, 0.4) is 0 Å². The second-order valence-electron chi connectivity index (χ2n) is 5.99. The maximum atomic E-state index is 13.0. The van der Waals surface area contributed by atoms with E-state index in [4.69, 9.17) is 10.3 Å². The molecule has 0 bridgehead atoms. The molecule has 0 atom stereocenters. The number of hydrogen-bond donors (Lipinski definition) is 1. The van der Waals surface area contributed by atoms with Crippen LogP contribution in [0, 0.1) is 5.82 Å². The van der Waals surface area contributed by atoms with Crippen molar-refractivity contribution in [3.63, 3.8) is 0 Å². The summed E-state index contributed by atoms with van der Waals surface area (Å²) >= 11 is 0. The van der Waals surface area contributed by atoms with E-state index >= 15 is 0 Å². The SMILES string of the molecule is Cl.NCCN(CCc1ccccc1)Cc1cc(-c2ccc(F)cc2)no1. The fourth-order valence-electron chi connectivity index (χ4n) is 2.75. The molecule has 0 unspecified atom stereocenters. The lowest BCUT2D eigenvalue weighted by molar-refractivity contribution is 0.239. The van der Waals surface area contributed by atoms with Gasteiger partial charge >= 0.3 is 0 Å². The molecule has 2 aromatic carbocycles. The van der Waals surface area contributed by atoms with E-state index in [9.17, 15) is 4.39 Å². The molecule has 0 saturated carbocycles. The number of benzene rings is 2. The first-order valence-corrected chi connectivity index (χ1v) is 8.42. The first-order chi connectivity index (χ1) is 12.2. The van der Waals surface area contributed by atoms with Gasteiger partial charge in [-0.15, -0.1) is 12.4 Å². The molecule has 0 spiro atoms. The molecule has 138 valence electrons. The first kappa shape index (κ1) is 20.1. The van der Waals surface area contributed by atoms with Gasteiger partial charge in [-0.25, -0.2) is 4.39 Å². The molecule has 2 N–H and O–H groups in total. The minimum atomic E-state index is -0.262. The van der Waals surface area contributed by atoms with Crippen LogP contribution >= 0.6 is 12.4 Å². The van der Waals surface area contributed by atoms with Crippen molar-refractivity contribution in [3.05, 3.63) is 77.8 Å². The van der Waals surface area contributed by atoms with E-state index in [1.54, 1.807) is 12.1 Å². The zero-order chi connectivity index (χ0) is 17.5. The van der Waals surface area contributed by atoms with Gasteiger partial charge in [0.1, 0.15) is 11.5 Å². The second-order valence-corrected chi connectivity index (χ2v) is 5.99. The minimum absolute atomic E-state index is 0. The van der Waals surface area contributed by atoms with E-state index in [1.165, 1.54) is 17.7 Å². The summed E-state index contributed by atoms with van der Waals surface area (Å²) in [5.41, 5.74) is 8.59. The Labute approximate surface area is 159 Å². The average Bonchev–Trinajstić information content (AvgIpc) is 3.10. The van der Waals surface area contributed by atoms with Gasteiger partial charge in [0.25, 0.3) is 0 Å². The van der Waals surface area contributed by atoms with Gasteiger partial charge in [0.05, 0.1) is 6.54 Å². The predicted octanol–water partition coefficient (Wildman–Crippen LogP) is 3.91. The molecule has 0 amide bonds. The van der Waals surface area contributed by atoms with Crippen molar-refractivity contribution in [2.24, 2.45) is 5.73 Å². The van der Waals surface area contributed by atoms with Gasteiger partial charge in [0, 0.05) is 31.3 Å². The summed E-state index contributed by atoms with van der Waals surface area (Å²) in [6.07, 6.45) is 0.958. The Morgan fingerprint density at radius 1 is 1.00 bits per heavy atom. The Morgan fingerprint density at radius 3 is 2.42 bits per heavy atom. The van der Waals surface area contributed by atoms with Gasteiger partial charge in [0.15, 0.2) is 5.76 Å². The lowest BCUT2D eigenvalue weighted by atomic mass is 10.1. The number of nitrogens with zero attached hydrogens (tertiary/aromatic N) is 2. The minimum Gasteiger partial charge on any atom is -0.359 e. The Balaban J connectivity index is 0.00000243. The van der Waals surface area contributed by atoms with Gasteiger partial charge in [-0.3, -0.25) is 4.90 Å². The Hall–Kier alpha value is -2.21. The van der Waals surface area contributed by atoms with E-state index in [2.05, 4.69) is 22.2 Å². The standard InChI is InChI=1S/C20H22FN3O.ClH/c21-18-8-6-17(7-9-18)20-14-19(25-23-20)15-24(13-11-22)12-10-16-4-2-1-3-5-16;/h1-9,14H,10-13,15,22H2;1H. The summed E-state index contributed by atoms with van der Waals surface area (Å²) in [4.78, 5) is 2.25. The summed E-state index contributed by atoms with van der Waals surface area (Å²) in [6.45, 7) is 2.93. The molecule has 26 heavy (non-hydrogen) atoms. The zero-order valence-electron chi connectivity index (χ0n) is 14.5. The van der Waals surface area contributed by atoms with Crippen molar-refractivity contribution in [1.29, 1.82) is 0 Å². The largest absolute Gasteiger partial charge is 0.359 e. The monoisotopic (exact) mass is 375 g/mol. The van der Waals surface area contributed by atoms with E-state index in [1.807, 2.05) is 24.3 Å². The molecule has 1 heterocycles. The molecule has 6 heteroatoms. The fourth-order valence-corrected chi connectivity index (χ4v) is 2.75. The smallest absolute Gasteiger partial charge is 0.151 e. The van der Waals surface area contributed by atoms with Crippen LogP contribution in [0.15, 0.2) is 65.2 Å². The van der Waals surface area contributed by atoms with E-state index in [-0.39, 0.29) is 18.2 Å². The van der Waals surface area contributed by atoms with Crippen LogP contribution in [0.4, 0.5) is 4.39 Å². The number of aromatic nitrogens is 1. The molecule has 0 saturated heterocycles. The molecular weight excluding hydrogens is 353 g/mol. The third-order valence-electron chi connectivity index (χ3n) is 4.08. The Kier molecular flexibility index (Phi) is 7.78. The van der Waals surface area contributed by atoms with Crippen molar-refractivity contribution in [1.82, 2.24) is 10.1 Å². The number of hydrogen-bond acceptors (Lipinski definition) is 4. The topological polar surface area (TPSA) is 55.3 Å². The maximum Gasteiger partial charge on any atom is 0.151 e. The van der Waals surface area contributed by atoms with Crippen molar-refractivity contribution >= 4 is 12.4 Å². The molecule has 0 radical (unpaired) electrons. The lowest BCUT2D eigenvalue weighted by Gasteiger charge is -2.19. The third-order valence-corrected chi connectivity index (χ3v) is 4.08. The van der Waals surface area contributed by atoms with Crippen LogP contribution < -0.4 is 5.73 Å². The molecule has 3 rings (SSSR count). The highest BCUT2D eigenvalue weighted by molar-refractivity contribution is 5.85. The van der Waals surface area contributed by atoms with E-state index in [0.717, 1.165) is 30.8 Å². The molecule has 0 fully saturated rings. The van der Waals surface area contributed by atoms with Crippen molar-refractivity contribution in [2.45, 2.75) is 13.0 Å². The fraction of sp³-hybridized carbons (Fsp3) is 0.250. The summed E-state index contributed by atoms with van der Waals surface area (Å²) < 4.78 is 18.5. The van der Waals surface area contributed by atoms with E-state index in [0.29, 0.717) is 18.8 Å². The predicted molar refractivity (Wildman–Crippen MR) is 104 cm³/mol. The normalized spacial score (nSPS) is 10.7. The third kappa shape index (κ3) is 5.66. The number of rotatable bonds is 8. The highest BCUT2D eigenvalue weighted by atomic mass is 35.5. The lowest BCUT2D eigenvalue weighted by Crippen LogP contribution is -2.30. The molecule has 0 aliphatic carbocycles. The molecule has 1 aromatic heterocycles. The molecule has 4 nitrogen and oxygen atoms in total. The van der Waals surface area contributed by atoms with Crippen molar-refractivity contribution in [2.75, 3.05) is 19.6 Å². The maximum absolute atomic E-state index is 13.0. The molecule has 3 aromatic rings. The molecule has 0 aliphatic rings. The van der Waals surface area contributed by atoms with Gasteiger partial charge < -0.3 is 10.3 Å².